The quantitative estimate of drug-likeness (QED) is 0.658. The summed E-state index contributed by atoms with van der Waals surface area (Å²) >= 11 is 0. The fourth-order valence-corrected chi connectivity index (χ4v) is 3.50. The lowest BCUT2D eigenvalue weighted by Crippen LogP contribution is -2.26. The second-order valence-corrected chi connectivity index (χ2v) is 10.1. The molecule has 137 valence electrons. The van der Waals surface area contributed by atoms with Gasteiger partial charge in [-0.1, -0.05) is 45.0 Å². The molecule has 0 spiro atoms. The fourth-order valence-electron chi connectivity index (χ4n) is 2.89. The minimum atomic E-state index is -1.39. The first-order valence-corrected chi connectivity index (χ1v) is 11.2. The van der Waals surface area contributed by atoms with Crippen molar-refractivity contribution in [2.45, 2.75) is 51.8 Å². The maximum atomic E-state index is 11.3. The molecule has 0 fully saturated rings. The predicted molar refractivity (Wildman–Crippen MR) is 106 cm³/mol. The average molecular weight is 369 g/mol. The summed E-state index contributed by atoms with van der Waals surface area (Å²) in [5, 5.41) is 11.3. The summed E-state index contributed by atoms with van der Waals surface area (Å²) in [5.74, 6) is 0.969. The molecule has 1 heterocycles. The molecule has 5 heteroatoms. The van der Waals surface area contributed by atoms with Crippen LogP contribution in [0, 0.1) is 0 Å². The number of hydrogen-bond acceptors (Lipinski definition) is 4. The minimum absolute atomic E-state index is 0.00546. The Hall–Kier alpha value is -2.11. The zero-order chi connectivity index (χ0) is 19.1. The number of fused-ring (bicyclic) bond motifs is 1. The third kappa shape index (κ3) is 3.55. The monoisotopic (exact) mass is 368 g/mol. The SMILES string of the molecule is C[Si](C)Oc1cc(C(C)(C)C)ccc1C(C)(O)c1nc2ccccc2o1. The molecule has 3 rings (SSSR count). The van der Waals surface area contributed by atoms with Crippen LogP contribution in [0.3, 0.4) is 0 Å². The molecule has 0 aliphatic carbocycles. The van der Waals surface area contributed by atoms with Crippen LogP contribution in [-0.2, 0) is 11.0 Å². The van der Waals surface area contributed by atoms with Gasteiger partial charge in [0.2, 0.25) is 5.89 Å². The highest BCUT2D eigenvalue weighted by Gasteiger charge is 2.35. The second kappa shape index (κ2) is 6.56. The van der Waals surface area contributed by atoms with E-state index in [0.717, 1.165) is 11.1 Å². The molecule has 0 saturated heterocycles. The summed E-state index contributed by atoms with van der Waals surface area (Å²) in [4.78, 5) is 4.49. The molecule has 1 unspecified atom stereocenters. The standard InChI is InChI=1S/C21H26NO3Si/c1-20(2,3)14-11-12-15(18(13-14)25-26(5)6)21(4,23)19-22-16-9-7-8-10-17(16)24-19/h7-13,23H,1-6H3. The lowest BCUT2D eigenvalue weighted by Gasteiger charge is -2.27. The summed E-state index contributed by atoms with van der Waals surface area (Å²) < 4.78 is 12.0. The molecular formula is C21H26NO3Si. The van der Waals surface area contributed by atoms with E-state index in [9.17, 15) is 5.11 Å². The largest absolute Gasteiger partial charge is 0.542 e. The molecule has 1 N–H and O–H groups in total. The molecule has 0 aliphatic rings. The third-order valence-corrected chi connectivity index (χ3v) is 5.02. The molecule has 4 nitrogen and oxygen atoms in total. The molecule has 3 aromatic rings. The van der Waals surface area contributed by atoms with Gasteiger partial charge in [-0.15, -0.1) is 0 Å². The summed E-state index contributed by atoms with van der Waals surface area (Å²) in [7, 11) is -0.998. The number of hydrogen-bond donors (Lipinski definition) is 1. The Morgan fingerprint density at radius 2 is 1.73 bits per heavy atom. The van der Waals surface area contributed by atoms with Gasteiger partial charge in [-0.25, -0.2) is 4.98 Å². The maximum Gasteiger partial charge on any atom is 0.274 e. The average Bonchev–Trinajstić information content (AvgIpc) is 2.98. The van der Waals surface area contributed by atoms with Gasteiger partial charge in [-0.2, -0.15) is 0 Å². The van der Waals surface area contributed by atoms with Crippen molar-refractivity contribution in [3.8, 4) is 5.75 Å². The van der Waals surface area contributed by atoms with Gasteiger partial charge in [-0.3, -0.25) is 0 Å². The van der Waals surface area contributed by atoms with Crippen molar-refractivity contribution < 1.29 is 13.9 Å². The Bertz CT molecular complexity index is 889. The van der Waals surface area contributed by atoms with Crippen molar-refractivity contribution in [3.05, 3.63) is 59.5 Å². The van der Waals surface area contributed by atoms with E-state index in [1.807, 2.05) is 42.5 Å². The van der Waals surface area contributed by atoms with Gasteiger partial charge < -0.3 is 13.9 Å². The molecule has 0 bridgehead atoms. The number of rotatable bonds is 4. The van der Waals surface area contributed by atoms with Crippen LogP contribution in [0.1, 0.15) is 44.7 Å². The van der Waals surface area contributed by atoms with Gasteiger partial charge >= 0.3 is 0 Å². The topological polar surface area (TPSA) is 55.5 Å². The second-order valence-electron chi connectivity index (χ2n) is 8.03. The van der Waals surface area contributed by atoms with E-state index >= 15 is 0 Å². The van der Waals surface area contributed by atoms with Crippen molar-refractivity contribution in [2.24, 2.45) is 0 Å². The number of aliphatic hydroxyl groups is 1. The summed E-state index contributed by atoms with van der Waals surface area (Å²) in [6, 6.07) is 13.5. The number of nitrogens with zero attached hydrogens (tertiary/aromatic N) is 1. The minimum Gasteiger partial charge on any atom is -0.542 e. The summed E-state index contributed by atoms with van der Waals surface area (Å²) in [5.41, 5.74) is 1.83. The summed E-state index contributed by atoms with van der Waals surface area (Å²) in [6.45, 7) is 12.3. The van der Waals surface area contributed by atoms with E-state index < -0.39 is 14.6 Å². The zero-order valence-corrected chi connectivity index (χ0v) is 17.3. The molecular weight excluding hydrogens is 342 g/mol. The van der Waals surface area contributed by atoms with Gasteiger partial charge in [0.1, 0.15) is 11.3 Å². The van der Waals surface area contributed by atoms with E-state index in [4.69, 9.17) is 8.84 Å². The van der Waals surface area contributed by atoms with Crippen LogP contribution in [0.15, 0.2) is 46.9 Å². The van der Waals surface area contributed by atoms with Crippen molar-refractivity contribution in [3.63, 3.8) is 0 Å². The number of aromatic nitrogens is 1. The lowest BCUT2D eigenvalue weighted by atomic mass is 9.84. The Morgan fingerprint density at radius 3 is 2.35 bits per heavy atom. The highest BCUT2D eigenvalue weighted by Crippen LogP contribution is 2.39. The predicted octanol–water partition coefficient (Wildman–Crippen LogP) is 5.01. The third-order valence-electron chi connectivity index (χ3n) is 4.40. The van der Waals surface area contributed by atoms with Crippen LogP contribution in [0.25, 0.3) is 11.1 Å². The Kier molecular flexibility index (Phi) is 4.71. The van der Waals surface area contributed by atoms with E-state index in [-0.39, 0.29) is 11.3 Å². The number of benzene rings is 2. The first-order chi connectivity index (χ1) is 12.1. The number of oxazole rings is 1. The van der Waals surface area contributed by atoms with Crippen LogP contribution in [0.4, 0.5) is 0 Å². The molecule has 0 amide bonds. The smallest absolute Gasteiger partial charge is 0.274 e. The molecule has 0 saturated carbocycles. The van der Waals surface area contributed by atoms with Crippen molar-refractivity contribution in [1.82, 2.24) is 4.98 Å². The van der Waals surface area contributed by atoms with Crippen molar-refractivity contribution >= 4 is 20.1 Å². The molecule has 26 heavy (non-hydrogen) atoms. The van der Waals surface area contributed by atoms with Gasteiger partial charge in [0.15, 0.2) is 11.2 Å². The van der Waals surface area contributed by atoms with E-state index in [1.54, 1.807) is 6.92 Å². The molecule has 1 aromatic heterocycles. The van der Waals surface area contributed by atoms with Crippen molar-refractivity contribution in [1.29, 1.82) is 0 Å². The molecule has 0 aliphatic heterocycles. The van der Waals surface area contributed by atoms with Crippen LogP contribution >= 0.6 is 0 Å². The van der Waals surface area contributed by atoms with E-state index in [0.29, 0.717) is 16.9 Å². The molecule has 1 atom stereocenters. The highest BCUT2D eigenvalue weighted by atomic mass is 28.3. The Balaban J connectivity index is 2.13. The van der Waals surface area contributed by atoms with Gasteiger partial charge in [-0.05, 0) is 49.2 Å². The summed E-state index contributed by atoms with van der Waals surface area (Å²) in [6.07, 6.45) is 0. The van der Waals surface area contributed by atoms with Crippen LogP contribution in [-0.4, -0.2) is 19.1 Å². The first kappa shape index (κ1) is 18.7. The van der Waals surface area contributed by atoms with Crippen LogP contribution in [0.5, 0.6) is 5.75 Å². The van der Waals surface area contributed by atoms with Crippen molar-refractivity contribution in [2.75, 3.05) is 0 Å². The normalized spacial score (nSPS) is 14.6. The molecule has 2 aromatic carbocycles. The van der Waals surface area contributed by atoms with Gasteiger partial charge in [0.25, 0.3) is 9.04 Å². The zero-order valence-electron chi connectivity index (χ0n) is 16.3. The number of para-hydroxylation sites is 2. The van der Waals surface area contributed by atoms with Gasteiger partial charge in [0.05, 0.1) is 0 Å². The maximum absolute atomic E-state index is 11.3. The Labute approximate surface area is 156 Å². The van der Waals surface area contributed by atoms with E-state index in [2.05, 4.69) is 38.8 Å². The van der Waals surface area contributed by atoms with Crippen LogP contribution in [0.2, 0.25) is 13.1 Å². The first-order valence-electron chi connectivity index (χ1n) is 8.80. The highest BCUT2D eigenvalue weighted by molar-refractivity contribution is 6.49. The Morgan fingerprint density at radius 1 is 1.04 bits per heavy atom. The lowest BCUT2D eigenvalue weighted by molar-refractivity contribution is 0.0710. The van der Waals surface area contributed by atoms with Crippen LogP contribution < -0.4 is 4.43 Å². The fraction of sp³-hybridized carbons (Fsp3) is 0.381. The van der Waals surface area contributed by atoms with Gasteiger partial charge in [0, 0.05) is 5.56 Å². The van der Waals surface area contributed by atoms with E-state index in [1.165, 1.54) is 0 Å². The molecule has 1 radical (unpaired) electrons.